The number of hydrogen-bond donors (Lipinski definition) is 2. The number of carbonyl (C=O) groups excluding carboxylic acids is 1. The van der Waals surface area contributed by atoms with Crippen LogP contribution < -0.4 is 11.1 Å². The van der Waals surface area contributed by atoms with Crippen molar-refractivity contribution in [1.29, 1.82) is 0 Å². The van der Waals surface area contributed by atoms with Gasteiger partial charge >= 0.3 is 0 Å². The zero-order chi connectivity index (χ0) is 12.7. The number of rotatable bonds is 2. The van der Waals surface area contributed by atoms with E-state index in [9.17, 15) is 4.79 Å². The second-order valence-electron chi connectivity index (χ2n) is 5.61. The van der Waals surface area contributed by atoms with Gasteiger partial charge in [-0.1, -0.05) is 0 Å². The minimum Gasteiger partial charge on any atom is -0.327 e. The molecule has 2 aliphatic rings. The van der Waals surface area contributed by atoms with Crippen molar-refractivity contribution in [3.63, 3.8) is 0 Å². The Kier molecular flexibility index (Phi) is 2.82. The molecule has 0 radical (unpaired) electrons. The van der Waals surface area contributed by atoms with Gasteiger partial charge in [0.25, 0.3) is 0 Å². The Labute approximate surface area is 107 Å². The van der Waals surface area contributed by atoms with E-state index in [0.29, 0.717) is 11.8 Å². The van der Waals surface area contributed by atoms with E-state index in [2.05, 4.69) is 10.3 Å². The first kappa shape index (κ1) is 11.7. The number of fused-ring (bicyclic) bond motifs is 2. The molecule has 96 valence electrons. The molecule has 0 aliphatic heterocycles. The van der Waals surface area contributed by atoms with Gasteiger partial charge in [0.2, 0.25) is 5.91 Å². The van der Waals surface area contributed by atoms with E-state index in [1.807, 2.05) is 19.1 Å². The lowest BCUT2D eigenvalue weighted by molar-refractivity contribution is -0.121. The lowest BCUT2D eigenvalue weighted by Crippen LogP contribution is -2.42. The first-order chi connectivity index (χ1) is 8.65. The van der Waals surface area contributed by atoms with Crippen molar-refractivity contribution in [2.24, 2.45) is 23.5 Å². The molecule has 2 saturated carbocycles. The summed E-state index contributed by atoms with van der Waals surface area (Å²) in [5.41, 5.74) is 7.88. The monoisotopic (exact) mass is 245 g/mol. The first-order valence-electron chi connectivity index (χ1n) is 6.64. The number of hydrogen-bond acceptors (Lipinski definition) is 3. The van der Waals surface area contributed by atoms with Crippen LogP contribution >= 0.6 is 0 Å². The Balaban J connectivity index is 1.70. The zero-order valence-corrected chi connectivity index (χ0v) is 10.6. The molecule has 1 amide bonds. The van der Waals surface area contributed by atoms with Crippen molar-refractivity contribution in [3.8, 4) is 0 Å². The molecule has 4 nitrogen and oxygen atoms in total. The van der Waals surface area contributed by atoms with E-state index in [1.54, 1.807) is 6.20 Å². The number of anilines is 1. The van der Waals surface area contributed by atoms with Gasteiger partial charge in [-0.2, -0.15) is 0 Å². The Morgan fingerprint density at radius 1 is 1.39 bits per heavy atom. The lowest BCUT2D eigenvalue weighted by Gasteiger charge is -2.26. The molecule has 1 aromatic rings. The predicted octanol–water partition coefficient (Wildman–Crippen LogP) is 1.70. The molecule has 2 fully saturated rings. The lowest BCUT2D eigenvalue weighted by atomic mass is 9.84. The summed E-state index contributed by atoms with van der Waals surface area (Å²) in [5.74, 6) is 1.11. The maximum atomic E-state index is 12.3. The van der Waals surface area contributed by atoms with E-state index in [4.69, 9.17) is 5.73 Å². The SMILES string of the molecule is Cc1ccc(NC(=O)C2C3CCC(C3)C2N)cn1. The van der Waals surface area contributed by atoms with Crippen LogP contribution in [0.3, 0.4) is 0 Å². The van der Waals surface area contributed by atoms with Crippen molar-refractivity contribution in [2.75, 3.05) is 5.32 Å². The molecule has 4 unspecified atom stereocenters. The van der Waals surface area contributed by atoms with Crippen molar-refractivity contribution in [2.45, 2.75) is 32.2 Å². The number of nitrogens with zero attached hydrogens (tertiary/aromatic N) is 1. The van der Waals surface area contributed by atoms with Crippen molar-refractivity contribution in [3.05, 3.63) is 24.0 Å². The number of aromatic nitrogens is 1. The number of nitrogens with two attached hydrogens (primary N) is 1. The zero-order valence-electron chi connectivity index (χ0n) is 10.6. The molecule has 0 aromatic carbocycles. The third-order valence-electron chi connectivity index (χ3n) is 4.46. The second kappa shape index (κ2) is 4.35. The smallest absolute Gasteiger partial charge is 0.229 e. The number of aryl methyl sites for hydroxylation is 1. The summed E-state index contributed by atoms with van der Waals surface area (Å²) in [6, 6.07) is 3.83. The van der Waals surface area contributed by atoms with E-state index in [1.165, 1.54) is 6.42 Å². The summed E-state index contributed by atoms with van der Waals surface area (Å²) in [5, 5.41) is 2.94. The molecular formula is C14H19N3O. The Hall–Kier alpha value is -1.42. The van der Waals surface area contributed by atoms with Crippen molar-refractivity contribution >= 4 is 11.6 Å². The highest BCUT2D eigenvalue weighted by Crippen LogP contribution is 2.47. The average molecular weight is 245 g/mol. The van der Waals surface area contributed by atoms with Crippen LogP contribution in [0.5, 0.6) is 0 Å². The van der Waals surface area contributed by atoms with Gasteiger partial charge in [0.15, 0.2) is 0 Å². The quantitative estimate of drug-likeness (QED) is 0.833. The number of carbonyl (C=O) groups is 1. The molecule has 4 heteroatoms. The van der Waals surface area contributed by atoms with E-state index >= 15 is 0 Å². The fourth-order valence-corrected chi connectivity index (χ4v) is 3.49. The molecule has 18 heavy (non-hydrogen) atoms. The molecular weight excluding hydrogens is 226 g/mol. The van der Waals surface area contributed by atoms with E-state index in [-0.39, 0.29) is 17.9 Å². The van der Waals surface area contributed by atoms with Crippen LogP contribution in [0.2, 0.25) is 0 Å². The van der Waals surface area contributed by atoms with Gasteiger partial charge in [0.05, 0.1) is 17.8 Å². The molecule has 0 saturated heterocycles. The van der Waals surface area contributed by atoms with Gasteiger partial charge < -0.3 is 11.1 Å². The van der Waals surface area contributed by atoms with E-state index < -0.39 is 0 Å². The third-order valence-corrected chi connectivity index (χ3v) is 4.46. The van der Waals surface area contributed by atoms with Crippen LogP contribution in [-0.4, -0.2) is 16.9 Å². The maximum Gasteiger partial charge on any atom is 0.229 e. The minimum atomic E-state index is -0.00921. The molecule has 1 aromatic heterocycles. The fraction of sp³-hybridized carbons (Fsp3) is 0.571. The van der Waals surface area contributed by atoms with Gasteiger partial charge in [0, 0.05) is 11.7 Å². The number of nitrogens with one attached hydrogen (secondary N) is 1. The first-order valence-corrected chi connectivity index (χ1v) is 6.64. The highest BCUT2D eigenvalue weighted by Gasteiger charge is 2.49. The highest BCUT2D eigenvalue weighted by atomic mass is 16.2. The van der Waals surface area contributed by atoms with Crippen LogP contribution in [0.25, 0.3) is 0 Å². The van der Waals surface area contributed by atoms with Gasteiger partial charge in [-0.3, -0.25) is 9.78 Å². The van der Waals surface area contributed by atoms with Crippen LogP contribution in [0.4, 0.5) is 5.69 Å². The van der Waals surface area contributed by atoms with Gasteiger partial charge in [-0.05, 0) is 50.2 Å². The number of amides is 1. The summed E-state index contributed by atoms with van der Waals surface area (Å²) in [7, 11) is 0. The molecule has 3 N–H and O–H groups in total. The van der Waals surface area contributed by atoms with E-state index in [0.717, 1.165) is 24.2 Å². The van der Waals surface area contributed by atoms with Crippen molar-refractivity contribution in [1.82, 2.24) is 4.98 Å². The topological polar surface area (TPSA) is 68.0 Å². The van der Waals surface area contributed by atoms with Crippen LogP contribution in [0.1, 0.15) is 25.0 Å². The normalized spacial score (nSPS) is 33.7. The highest BCUT2D eigenvalue weighted by molar-refractivity contribution is 5.93. The Morgan fingerprint density at radius 2 is 2.17 bits per heavy atom. The summed E-state index contributed by atoms with van der Waals surface area (Å²) in [6.45, 7) is 1.93. The molecule has 2 bridgehead atoms. The fourth-order valence-electron chi connectivity index (χ4n) is 3.49. The molecule has 0 spiro atoms. The summed E-state index contributed by atoms with van der Waals surface area (Å²) >= 11 is 0. The number of pyridine rings is 1. The van der Waals surface area contributed by atoms with Crippen LogP contribution in [0.15, 0.2) is 18.3 Å². The van der Waals surface area contributed by atoms with Gasteiger partial charge in [0.1, 0.15) is 0 Å². The Bertz CT molecular complexity index is 455. The summed E-state index contributed by atoms with van der Waals surface area (Å²) in [6.07, 6.45) is 5.18. The molecule has 1 heterocycles. The minimum absolute atomic E-state index is 0.00921. The standard InChI is InChI=1S/C14H19N3O/c1-8-2-5-11(7-16-8)17-14(18)12-9-3-4-10(6-9)13(12)15/h2,5,7,9-10,12-13H,3-4,6,15H2,1H3,(H,17,18). The predicted molar refractivity (Wildman–Crippen MR) is 69.9 cm³/mol. The van der Waals surface area contributed by atoms with Gasteiger partial charge in [-0.25, -0.2) is 0 Å². The van der Waals surface area contributed by atoms with Gasteiger partial charge in [-0.15, -0.1) is 0 Å². The van der Waals surface area contributed by atoms with Crippen LogP contribution in [0, 0.1) is 24.7 Å². The summed E-state index contributed by atoms with van der Waals surface area (Å²) < 4.78 is 0. The molecule has 2 aliphatic carbocycles. The molecule has 4 atom stereocenters. The Morgan fingerprint density at radius 3 is 2.78 bits per heavy atom. The second-order valence-corrected chi connectivity index (χ2v) is 5.61. The largest absolute Gasteiger partial charge is 0.327 e. The summed E-state index contributed by atoms with van der Waals surface area (Å²) in [4.78, 5) is 16.5. The molecule has 3 rings (SSSR count). The van der Waals surface area contributed by atoms with Crippen LogP contribution in [-0.2, 0) is 4.79 Å². The third kappa shape index (κ3) is 1.90. The van der Waals surface area contributed by atoms with Crippen molar-refractivity contribution < 1.29 is 4.79 Å². The maximum absolute atomic E-state index is 12.3. The average Bonchev–Trinajstić information content (AvgIpc) is 2.92.